The Hall–Kier alpha value is -0.220. The maximum atomic E-state index is 10.2. The summed E-state index contributed by atoms with van der Waals surface area (Å²) in [5, 5.41) is 9.00. The quantitative estimate of drug-likeness (QED) is 0.693. The van der Waals surface area contributed by atoms with Crippen LogP contribution in [-0.2, 0) is 9.53 Å². The minimum atomic E-state index is -0.698. The number of hydrogen-bond donors (Lipinski definition) is 1. The molecule has 2 unspecified atom stereocenters. The number of thioether (sulfide) groups is 1. The van der Waals surface area contributed by atoms with Crippen LogP contribution in [-0.4, -0.2) is 34.8 Å². The zero-order valence-corrected chi connectivity index (χ0v) is 8.68. The fourth-order valence-corrected chi connectivity index (χ4v) is 2.62. The first-order valence-electron chi connectivity index (χ1n) is 4.65. The van der Waals surface area contributed by atoms with Gasteiger partial charge in [0, 0.05) is 18.3 Å². The van der Waals surface area contributed by atoms with Gasteiger partial charge in [-0.05, 0) is 25.5 Å². The standard InChI is InChI=1S/C9H16O3S/c1-7-8(4-5-12-7)13-6-2-3-9(10)11/h7-8H,2-6H2,1H3,(H,10,11). The van der Waals surface area contributed by atoms with Crippen molar-refractivity contribution < 1.29 is 14.6 Å². The van der Waals surface area contributed by atoms with Crippen LogP contribution in [0.15, 0.2) is 0 Å². The van der Waals surface area contributed by atoms with Crippen molar-refractivity contribution in [1.29, 1.82) is 0 Å². The van der Waals surface area contributed by atoms with Gasteiger partial charge in [-0.15, -0.1) is 0 Å². The first-order chi connectivity index (χ1) is 6.20. The monoisotopic (exact) mass is 204 g/mol. The fourth-order valence-electron chi connectivity index (χ4n) is 1.39. The van der Waals surface area contributed by atoms with E-state index in [1.54, 1.807) is 0 Å². The molecule has 1 saturated heterocycles. The molecule has 0 aromatic rings. The number of ether oxygens (including phenoxy) is 1. The van der Waals surface area contributed by atoms with E-state index in [0.717, 1.165) is 25.2 Å². The molecule has 3 nitrogen and oxygen atoms in total. The topological polar surface area (TPSA) is 46.5 Å². The first-order valence-corrected chi connectivity index (χ1v) is 5.70. The molecular formula is C9H16O3S. The third kappa shape index (κ3) is 4.00. The van der Waals surface area contributed by atoms with E-state index >= 15 is 0 Å². The molecule has 1 aliphatic heterocycles. The molecule has 4 heteroatoms. The van der Waals surface area contributed by atoms with Gasteiger partial charge in [0.15, 0.2) is 0 Å². The molecule has 0 radical (unpaired) electrons. The highest BCUT2D eigenvalue weighted by molar-refractivity contribution is 7.99. The van der Waals surface area contributed by atoms with Gasteiger partial charge in [-0.2, -0.15) is 11.8 Å². The second-order valence-corrected chi connectivity index (χ2v) is 4.62. The molecule has 1 rings (SSSR count). The van der Waals surface area contributed by atoms with Gasteiger partial charge in [0.25, 0.3) is 0 Å². The summed E-state index contributed by atoms with van der Waals surface area (Å²) in [6, 6.07) is 0. The van der Waals surface area contributed by atoms with Crippen molar-refractivity contribution >= 4 is 17.7 Å². The number of carboxylic acid groups (broad SMARTS) is 1. The maximum absolute atomic E-state index is 10.2. The van der Waals surface area contributed by atoms with Gasteiger partial charge in [-0.3, -0.25) is 4.79 Å². The smallest absolute Gasteiger partial charge is 0.303 e. The van der Waals surface area contributed by atoms with Gasteiger partial charge >= 0.3 is 5.97 Å². The van der Waals surface area contributed by atoms with Gasteiger partial charge in [0.1, 0.15) is 0 Å². The van der Waals surface area contributed by atoms with E-state index in [-0.39, 0.29) is 6.42 Å². The fraction of sp³-hybridized carbons (Fsp3) is 0.889. The molecule has 1 heterocycles. The van der Waals surface area contributed by atoms with E-state index in [2.05, 4.69) is 6.92 Å². The van der Waals surface area contributed by atoms with E-state index in [4.69, 9.17) is 9.84 Å². The Kier molecular flexibility index (Phi) is 4.59. The van der Waals surface area contributed by atoms with Crippen molar-refractivity contribution in [2.24, 2.45) is 0 Å². The SMILES string of the molecule is CC1OCCC1SCCCC(=O)O. The number of carboxylic acids is 1. The minimum Gasteiger partial charge on any atom is -0.481 e. The second kappa shape index (κ2) is 5.50. The Labute approximate surface area is 82.8 Å². The van der Waals surface area contributed by atoms with Gasteiger partial charge in [-0.1, -0.05) is 0 Å². The van der Waals surface area contributed by atoms with Gasteiger partial charge in [0.2, 0.25) is 0 Å². The molecule has 1 aliphatic rings. The van der Waals surface area contributed by atoms with E-state index in [1.807, 2.05) is 11.8 Å². The summed E-state index contributed by atoms with van der Waals surface area (Å²) in [7, 11) is 0. The summed E-state index contributed by atoms with van der Waals surface area (Å²) in [5.74, 6) is 0.237. The van der Waals surface area contributed by atoms with Crippen LogP contribution in [0.25, 0.3) is 0 Å². The van der Waals surface area contributed by atoms with E-state index in [9.17, 15) is 4.79 Å². The van der Waals surface area contributed by atoms with Crippen molar-refractivity contribution in [3.05, 3.63) is 0 Å². The molecule has 0 aromatic carbocycles. The summed E-state index contributed by atoms with van der Waals surface area (Å²) in [6.07, 6.45) is 2.51. The molecule has 0 amide bonds. The third-order valence-corrected chi connectivity index (χ3v) is 3.75. The highest BCUT2D eigenvalue weighted by atomic mass is 32.2. The molecule has 0 spiro atoms. The van der Waals surface area contributed by atoms with Crippen LogP contribution >= 0.6 is 11.8 Å². The molecule has 0 aliphatic carbocycles. The van der Waals surface area contributed by atoms with Gasteiger partial charge in [-0.25, -0.2) is 0 Å². The average molecular weight is 204 g/mol. The third-order valence-electron chi connectivity index (χ3n) is 2.17. The van der Waals surface area contributed by atoms with E-state index in [1.165, 1.54) is 0 Å². The molecule has 0 aromatic heterocycles. The lowest BCUT2D eigenvalue weighted by Gasteiger charge is -2.12. The largest absolute Gasteiger partial charge is 0.481 e. The van der Waals surface area contributed by atoms with Crippen molar-refractivity contribution in [3.63, 3.8) is 0 Å². The van der Waals surface area contributed by atoms with Crippen LogP contribution in [0.3, 0.4) is 0 Å². The highest BCUT2D eigenvalue weighted by Gasteiger charge is 2.23. The number of aliphatic carboxylic acids is 1. The highest BCUT2D eigenvalue weighted by Crippen LogP contribution is 2.26. The predicted molar refractivity (Wildman–Crippen MR) is 53.1 cm³/mol. The Balaban J connectivity index is 2.02. The van der Waals surface area contributed by atoms with Crippen molar-refractivity contribution in [2.45, 2.75) is 37.5 Å². The lowest BCUT2D eigenvalue weighted by atomic mass is 10.3. The summed E-state index contributed by atoms with van der Waals surface area (Å²) in [6.45, 7) is 2.94. The Morgan fingerprint density at radius 1 is 1.69 bits per heavy atom. The molecule has 13 heavy (non-hydrogen) atoms. The van der Waals surface area contributed by atoms with Crippen LogP contribution in [0, 0.1) is 0 Å². The number of hydrogen-bond acceptors (Lipinski definition) is 3. The Bertz CT molecular complexity index is 172. The summed E-state index contributed by atoms with van der Waals surface area (Å²) < 4.78 is 5.41. The van der Waals surface area contributed by atoms with Crippen LogP contribution in [0.2, 0.25) is 0 Å². The van der Waals surface area contributed by atoms with Crippen LogP contribution in [0.1, 0.15) is 26.2 Å². The molecule has 76 valence electrons. The minimum absolute atomic E-state index is 0.287. The van der Waals surface area contributed by atoms with Crippen molar-refractivity contribution in [3.8, 4) is 0 Å². The van der Waals surface area contributed by atoms with Gasteiger partial charge < -0.3 is 9.84 Å². The van der Waals surface area contributed by atoms with Gasteiger partial charge in [0.05, 0.1) is 6.10 Å². The van der Waals surface area contributed by atoms with Crippen LogP contribution < -0.4 is 0 Å². The Morgan fingerprint density at radius 2 is 2.46 bits per heavy atom. The zero-order valence-electron chi connectivity index (χ0n) is 7.86. The first kappa shape index (κ1) is 10.9. The summed E-state index contributed by atoms with van der Waals surface area (Å²) in [4.78, 5) is 10.2. The van der Waals surface area contributed by atoms with Crippen LogP contribution in [0.4, 0.5) is 0 Å². The summed E-state index contributed by atoms with van der Waals surface area (Å²) in [5.41, 5.74) is 0. The number of rotatable bonds is 5. The molecule has 0 saturated carbocycles. The average Bonchev–Trinajstić information content (AvgIpc) is 2.45. The number of carbonyl (C=O) groups is 1. The second-order valence-electron chi connectivity index (χ2n) is 3.27. The summed E-state index contributed by atoms with van der Waals surface area (Å²) >= 11 is 1.85. The van der Waals surface area contributed by atoms with Crippen molar-refractivity contribution in [1.82, 2.24) is 0 Å². The van der Waals surface area contributed by atoms with E-state index < -0.39 is 5.97 Å². The van der Waals surface area contributed by atoms with Crippen LogP contribution in [0.5, 0.6) is 0 Å². The normalized spacial score (nSPS) is 27.8. The lowest BCUT2D eigenvalue weighted by Crippen LogP contribution is -2.14. The molecule has 2 atom stereocenters. The molecule has 1 fully saturated rings. The molecule has 1 N–H and O–H groups in total. The predicted octanol–water partition coefficient (Wildman–Crippen LogP) is 1.76. The van der Waals surface area contributed by atoms with E-state index in [0.29, 0.717) is 11.4 Å². The Morgan fingerprint density at radius 3 is 3.00 bits per heavy atom. The maximum Gasteiger partial charge on any atom is 0.303 e. The molecule has 0 bridgehead atoms. The van der Waals surface area contributed by atoms with Crippen molar-refractivity contribution in [2.75, 3.05) is 12.4 Å². The lowest BCUT2D eigenvalue weighted by molar-refractivity contribution is -0.137. The molecular weight excluding hydrogens is 188 g/mol. The zero-order chi connectivity index (χ0) is 9.68.